The molecular formula is C24H27F2N5. The van der Waals surface area contributed by atoms with Gasteiger partial charge in [0.15, 0.2) is 11.6 Å². The molecule has 1 aromatic heterocycles. The lowest BCUT2D eigenvalue weighted by Crippen LogP contribution is -2.44. The number of aryl methyl sites for hydroxylation is 1. The van der Waals surface area contributed by atoms with E-state index in [1.165, 1.54) is 17.8 Å². The molecule has 1 N–H and O–H groups in total. The largest absolute Gasteiger partial charge is 0.369 e. The van der Waals surface area contributed by atoms with E-state index in [0.717, 1.165) is 43.5 Å². The second-order valence-electron chi connectivity index (χ2n) is 7.89. The molecule has 2 heterocycles. The number of anilines is 1. The summed E-state index contributed by atoms with van der Waals surface area (Å²) in [5.74, 6) is -1.77. The zero-order valence-electron chi connectivity index (χ0n) is 18.1. The third kappa shape index (κ3) is 4.37. The zero-order valence-corrected chi connectivity index (χ0v) is 18.1. The molecule has 31 heavy (non-hydrogen) atoms. The molecule has 0 saturated carbocycles. The molecule has 2 aromatic carbocycles. The van der Waals surface area contributed by atoms with E-state index in [9.17, 15) is 8.78 Å². The molecule has 5 nitrogen and oxygen atoms in total. The van der Waals surface area contributed by atoms with Gasteiger partial charge < -0.3 is 9.80 Å². The molecule has 4 rings (SSSR count). The van der Waals surface area contributed by atoms with Gasteiger partial charge in [0.25, 0.3) is 0 Å². The van der Waals surface area contributed by atoms with Crippen molar-refractivity contribution in [2.24, 2.45) is 4.99 Å². The van der Waals surface area contributed by atoms with Crippen LogP contribution in [0.15, 0.2) is 47.5 Å². The lowest BCUT2D eigenvalue weighted by molar-refractivity contribution is 0.313. The molecule has 1 saturated heterocycles. The molecule has 1 fully saturated rings. The van der Waals surface area contributed by atoms with Crippen LogP contribution in [0, 0.1) is 11.6 Å². The maximum atomic E-state index is 14.2. The first-order valence-electron chi connectivity index (χ1n) is 10.6. The van der Waals surface area contributed by atoms with Crippen molar-refractivity contribution in [3.05, 3.63) is 65.4 Å². The predicted octanol–water partition coefficient (Wildman–Crippen LogP) is 4.81. The first-order chi connectivity index (χ1) is 15.0. The summed E-state index contributed by atoms with van der Waals surface area (Å²) in [6.45, 7) is 7.80. The molecule has 0 atom stereocenters. The molecular weight excluding hydrogens is 396 g/mol. The van der Waals surface area contributed by atoms with Crippen LogP contribution < -0.4 is 4.90 Å². The minimum atomic E-state index is -0.886. The topological polar surface area (TPSA) is 47.5 Å². The molecule has 1 aliphatic heterocycles. The fraction of sp³-hybridized carbons (Fsp3) is 0.333. The maximum Gasteiger partial charge on any atom is 0.167 e. The number of nitrogens with one attached hydrogen (secondary N) is 1. The molecule has 0 bridgehead atoms. The molecule has 0 aliphatic carbocycles. The predicted molar refractivity (Wildman–Crippen MR) is 121 cm³/mol. The third-order valence-corrected chi connectivity index (χ3v) is 5.80. The van der Waals surface area contributed by atoms with Gasteiger partial charge in [-0.1, -0.05) is 25.1 Å². The highest BCUT2D eigenvalue weighted by Gasteiger charge is 2.18. The van der Waals surface area contributed by atoms with Crippen molar-refractivity contribution in [1.29, 1.82) is 0 Å². The van der Waals surface area contributed by atoms with Crippen molar-refractivity contribution in [3.8, 4) is 11.3 Å². The number of likely N-dealkylation sites (N-methyl/N-ethyl adjacent to an activating group) is 1. The molecule has 0 radical (unpaired) electrons. The van der Waals surface area contributed by atoms with E-state index in [1.54, 1.807) is 6.92 Å². The van der Waals surface area contributed by atoms with Gasteiger partial charge in [0, 0.05) is 48.7 Å². The Bertz CT molecular complexity index is 1080. The smallest absolute Gasteiger partial charge is 0.167 e. The van der Waals surface area contributed by atoms with Gasteiger partial charge in [-0.2, -0.15) is 5.10 Å². The Kier molecular flexibility index (Phi) is 6.13. The van der Waals surface area contributed by atoms with Gasteiger partial charge >= 0.3 is 0 Å². The second-order valence-corrected chi connectivity index (χ2v) is 7.89. The maximum absolute atomic E-state index is 14.2. The first kappa shape index (κ1) is 21.2. The van der Waals surface area contributed by atoms with Crippen molar-refractivity contribution >= 4 is 17.1 Å². The monoisotopic (exact) mass is 423 g/mol. The Morgan fingerprint density at radius 3 is 2.45 bits per heavy atom. The van der Waals surface area contributed by atoms with Crippen molar-refractivity contribution in [3.63, 3.8) is 0 Å². The van der Waals surface area contributed by atoms with Crippen LogP contribution in [0.4, 0.5) is 20.2 Å². The molecule has 0 unspecified atom stereocenters. The van der Waals surface area contributed by atoms with Crippen LogP contribution in [0.1, 0.15) is 25.1 Å². The van der Waals surface area contributed by atoms with Gasteiger partial charge in [0.1, 0.15) is 11.4 Å². The van der Waals surface area contributed by atoms with E-state index in [2.05, 4.69) is 44.2 Å². The zero-order chi connectivity index (χ0) is 22.0. The Morgan fingerprint density at radius 2 is 1.77 bits per heavy atom. The van der Waals surface area contributed by atoms with Crippen LogP contribution in [0.3, 0.4) is 0 Å². The average Bonchev–Trinajstić information content (AvgIpc) is 3.18. The van der Waals surface area contributed by atoms with E-state index in [1.807, 2.05) is 19.1 Å². The van der Waals surface area contributed by atoms with E-state index in [-0.39, 0.29) is 5.56 Å². The van der Waals surface area contributed by atoms with Gasteiger partial charge in [-0.15, -0.1) is 0 Å². The van der Waals surface area contributed by atoms with Gasteiger partial charge in [-0.25, -0.2) is 13.8 Å². The SMILES string of the molecule is CCc1[nH]nc(-c2ccc(N3CCN(C)CC3)cc2)c1N=C(C)c1cccc(F)c1F. The number of hydrogen-bond acceptors (Lipinski definition) is 4. The summed E-state index contributed by atoms with van der Waals surface area (Å²) < 4.78 is 27.9. The highest BCUT2D eigenvalue weighted by atomic mass is 19.2. The number of aromatic amines is 1. The number of halogens is 2. The van der Waals surface area contributed by atoms with Crippen molar-refractivity contribution < 1.29 is 8.78 Å². The van der Waals surface area contributed by atoms with E-state index < -0.39 is 11.6 Å². The van der Waals surface area contributed by atoms with Crippen LogP contribution in [0.2, 0.25) is 0 Å². The normalized spacial score (nSPS) is 15.5. The Morgan fingerprint density at radius 1 is 1.06 bits per heavy atom. The quantitative estimate of drug-likeness (QED) is 0.599. The Hall–Kier alpha value is -3.06. The minimum Gasteiger partial charge on any atom is -0.369 e. The van der Waals surface area contributed by atoms with Crippen LogP contribution in [0.5, 0.6) is 0 Å². The number of hydrogen-bond donors (Lipinski definition) is 1. The molecule has 0 spiro atoms. The van der Waals surface area contributed by atoms with Gasteiger partial charge in [0.2, 0.25) is 0 Å². The van der Waals surface area contributed by atoms with Crippen LogP contribution in [0.25, 0.3) is 11.3 Å². The van der Waals surface area contributed by atoms with Crippen molar-refractivity contribution in [2.75, 3.05) is 38.1 Å². The summed E-state index contributed by atoms with van der Waals surface area (Å²) in [7, 11) is 2.14. The van der Waals surface area contributed by atoms with Crippen LogP contribution >= 0.6 is 0 Å². The third-order valence-electron chi connectivity index (χ3n) is 5.80. The van der Waals surface area contributed by atoms with Crippen LogP contribution in [-0.4, -0.2) is 54.0 Å². The molecule has 3 aromatic rings. The second kappa shape index (κ2) is 8.98. The number of aromatic nitrogens is 2. The highest BCUT2D eigenvalue weighted by molar-refractivity contribution is 6.01. The first-order valence-corrected chi connectivity index (χ1v) is 10.6. The van der Waals surface area contributed by atoms with E-state index >= 15 is 0 Å². The highest BCUT2D eigenvalue weighted by Crippen LogP contribution is 2.33. The van der Waals surface area contributed by atoms with Crippen molar-refractivity contribution in [1.82, 2.24) is 15.1 Å². The molecule has 0 amide bonds. The number of aliphatic imine (C=N–C) groups is 1. The number of H-pyrrole nitrogens is 1. The molecule has 162 valence electrons. The van der Waals surface area contributed by atoms with Crippen molar-refractivity contribution in [2.45, 2.75) is 20.3 Å². The summed E-state index contributed by atoms with van der Waals surface area (Å²) in [4.78, 5) is 9.36. The van der Waals surface area contributed by atoms with E-state index in [4.69, 9.17) is 0 Å². The lowest BCUT2D eigenvalue weighted by Gasteiger charge is -2.34. The summed E-state index contributed by atoms with van der Waals surface area (Å²) in [6, 6.07) is 12.4. The fourth-order valence-electron chi connectivity index (χ4n) is 3.85. The fourth-order valence-corrected chi connectivity index (χ4v) is 3.85. The molecule has 7 heteroatoms. The number of piperazine rings is 1. The summed E-state index contributed by atoms with van der Waals surface area (Å²) in [6.07, 6.45) is 0.699. The number of rotatable bonds is 5. The van der Waals surface area contributed by atoms with Crippen LogP contribution in [-0.2, 0) is 6.42 Å². The summed E-state index contributed by atoms with van der Waals surface area (Å²) in [5.41, 5.74) is 4.90. The number of benzene rings is 2. The molecule has 1 aliphatic rings. The Labute approximate surface area is 181 Å². The minimum absolute atomic E-state index is 0.152. The van der Waals surface area contributed by atoms with Gasteiger partial charge in [-0.05, 0) is 44.7 Å². The standard InChI is InChI=1S/C24H27F2N5/c1-4-21-24(27-16(2)19-6-5-7-20(25)22(19)26)23(29-28-21)17-8-10-18(11-9-17)31-14-12-30(3)13-15-31/h5-11H,4,12-15H2,1-3H3,(H,28,29). The Balaban J connectivity index is 1.66. The number of nitrogens with zero attached hydrogens (tertiary/aromatic N) is 4. The van der Waals surface area contributed by atoms with E-state index in [0.29, 0.717) is 23.5 Å². The van der Waals surface area contributed by atoms with Gasteiger partial charge in [0.05, 0.1) is 5.69 Å². The average molecular weight is 424 g/mol. The lowest BCUT2D eigenvalue weighted by atomic mass is 10.1. The summed E-state index contributed by atoms with van der Waals surface area (Å²) >= 11 is 0. The van der Waals surface area contributed by atoms with Gasteiger partial charge in [-0.3, -0.25) is 5.10 Å². The summed E-state index contributed by atoms with van der Waals surface area (Å²) in [5, 5.41) is 7.52.